The summed E-state index contributed by atoms with van der Waals surface area (Å²) in [6.45, 7) is 0.652. The summed E-state index contributed by atoms with van der Waals surface area (Å²) in [6, 6.07) is 11.0. The maximum Gasteiger partial charge on any atom is 0.229 e. The summed E-state index contributed by atoms with van der Waals surface area (Å²) in [5.41, 5.74) is 1.82. The van der Waals surface area contributed by atoms with E-state index in [-0.39, 0.29) is 0 Å². The van der Waals surface area contributed by atoms with Gasteiger partial charge in [0.2, 0.25) is 5.95 Å². The number of hydrogen-bond donors (Lipinski definition) is 2. The summed E-state index contributed by atoms with van der Waals surface area (Å²) >= 11 is 6.04. The summed E-state index contributed by atoms with van der Waals surface area (Å²) in [6.07, 6.45) is 5.20. The van der Waals surface area contributed by atoms with Gasteiger partial charge < -0.3 is 15.4 Å². The second kappa shape index (κ2) is 7.61. The molecule has 3 rings (SSSR count). The third kappa shape index (κ3) is 4.11. The molecule has 0 spiro atoms. The highest BCUT2D eigenvalue weighted by Crippen LogP contribution is 2.29. The Morgan fingerprint density at radius 3 is 2.71 bits per heavy atom. The third-order valence-corrected chi connectivity index (χ3v) is 3.52. The van der Waals surface area contributed by atoms with E-state index in [4.69, 9.17) is 16.3 Å². The van der Waals surface area contributed by atoms with E-state index in [1.165, 1.54) is 0 Å². The summed E-state index contributed by atoms with van der Waals surface area (Å²) in [5, 5.41) is 6.97. The molecule has 2 N–H and O–H groups in total. The highest BCUT2D eigenvalue weighted by molar-refractivity contribution is 6.30. The highest BCUT2D eigenvalue weighted by atomic mass is 35.5. The van der Waals surface area contributed by atoms with Crippen LogP contribution in [-0.2, 0) is 6.54 Å². The van der Waals surface area contributed by atoms with Crippen LogP contribution in [0.15, 0.2) is 55.0 Å². The number of hydrogen-bond acceptors (Lipinski definition) is 6. The fraction of sp³-hybridized carbons (Fsp3) is 0.118. The second-order valence-electron chi connectivity index (χ2n) is 4.94. The molecule has 0 unspecified atom stereocenters. The number of ether oxygens (including phenoxy) is 1. The fourth-order valence-electron chi connectivity index (χ4n) is 2.11. The first-order valence-electron chi connectivity index (χ1n) is 7.31. The van der Waals surface area contributed by atoms with Crippen molar-refractivity contribution in [1.82, 2.24) is 15.0 Å². The van der Waals surface area contributed by atoms with Gasteiger partial charge in [-0.1, -0.05) is 11.6 Å². The standard InChI is InChI=1S/C17H16ClN5O/c1-24-15-3-2-13(18)10-14(15)22-17-20-9-6-16(23-17)21-11-12-4-7-19-8-5-12/h2-10H,11H2,1H3,(H2,20,21,22,23). The monoisotopic (exact) mass is 341 g/mol. The van der Waals surface area contributed by atoms with Gasteiger partial charge in [0.25, 0.3) is 0 Å². The lowest BCUT2D eigenvalue weighted by atomic mass is 10.3. The number of nitrogens with zero attached hydrogens (tertiary/aromatic N) is 3. The van der Waals surface area contributed by atoms with Crippen molar-refractivity contribution in [3.8, 4) is 5.75 Å². The van der Waals surface area contributed by atoms with Gasteiger partial charge in [0.1, 0.15) is 11.6 Å². The molecule has 0 saturated heterocycles. The zero-order valence-corrected chi connectivity index (χ0v) is 13.8. The number of aromatic nitrogens is 3. The Morgan fingerprint density at radius 1 is 1.08 bits per heavy atom. The maximum absolute atomic E-state index is 6.04. The first-order valence-corrected chi connectivity index (χ1v) is 7.69. The molecule has 0 radical (unpaired) electrons. The Bertz CT molecular complexity index is 813. The van der Waals surface area contributed by atoms with E-state index in [1.807, 2.05) is 18.2 Å². The average molecular weight is 342 g/mol. The van der Waals surface area contributed by atoms with Crippen LogP contribution < -0.4 is 15.4 Å². The van der Waals surface area contributed by atoms with Crippen LogP contribution in [0.25, 0.3) is 0 Å². The maximum atomic E-state index is 6.04. The van der Waals surface area contributed by atoms with Gasteiger partial charge in [-0.25, -0.2) is 4.98 Å². The lowest BCUT2D eigenvalue weighted by Crippen LogP contribution is -2.04. The van der Waals surface area contributed by atoms with Gasteiger partial charge in [0.05, 0.1) is 12.8 Å². The topological polar surface area (TPSA) is 72.0 Å². The van der Waals surface area contributed by atoms with Gasteiger partial charge in [-0.2, -0.15) is 4.98 Å². The number of anilines is 3. The minimum Gasteiger partial charge on any atom is -0.495 e. The van der Waals surface area contributed by atoms with E-state index in [0.717, 1.165) is 5.56 Å². The van der Waals surface area contributed by atoms with Crippen molar-refractivity contribution in [2.24, 2.45) is 0 Å². The van der Waals surface area contributed by atoms with Gasteiger partial charge >= 0.3 is 0 Å². The number of rotatable bonds is 6. The Morgan fingerprint density at radius 2 is 1.92 bits per heavy atom. The number of methoxy groups -OCH3 is 1. The van der Waals surface area contributed by atoms with Crippen molar-refractivity contribution < 1.29 is 4.74 Å². The molecule has 7 heteroatoms. The molecule has 0 amide bonds. The number of halogens is 1. The zero-order valence-electron chi connectivity index (χ0n) is 13.0. The Balaban J connectivity index is 1.72. The summed E-state index contributed by atoms with van der Waals surface area (Å²) in [4.78, 5) is 12.7. The van der Waals surface area contributed by atoms with Gasteiger partial charge in [-0.05, 0) is 42.0 Å². The lowest BCUT2D eigenvalue weighted by molar-refractivity contribution is 0.417. The van der Waals surface area contributed by atoms with Crippen molar-refractivity contribution in [2.45, 2.75) is 6.54 Å². The summed E-state index contributed by atoms with van der Waals surface area (Å²) < 4.78 is 5.31. The Labute approximate surface area is 144 Å². The van der Waals surface area contributed by atoms with E-state index >= 15 is 0 Å². The molecule has 24 heavy (non-hydrogen) atoms. The quantitative estimate of drug-likeness (QED) is 0.708. The molecule has 2 aromatic heterocycles. The van der Waals surface area contributed by atoms with Crippen LogP contribution in [-0.4, -0.2) is 22.1 Å². The van der Waals surface area contributed by atoms with Gasteiger partial charge in [-0.15, -0.1) is 0 Å². The molecule has 122 valence electrons. The lowest BCUT2D eigenvalue weighted by Gasteiger charge is -2.11. The van der Waals surface area contributed by atoms with E-state index in [0.29, 0.717) is 34.8 Å². The smallest absolute Gasteiger partial charge is 0.229 e. The van der Waals surface area contributed by atoms with Crippen LogP contribution in [0, 0.1) is 0 Å². The third-order valence-electron chi connectivity index (χ3n) is 3.29. The van der Waals surface area contributed by atoms with Crippen molar-refractivity contribution in [1.29, 1.82) is 0 Å². The molecule has 0 bridgehead atoms. The highest BCUT2D eigenvalue weighted by Gasteiger charge is 2.06. The molecule has 0 fully saturated rings. The van der Waals surface area contributed by atoms with Crippen molar-refractivity contribution >= 4 is 29.1 Å². The minimum absolute atomic E-state index is 0.454. The van der Waals surface area contributed by atoms with Crippen LogP contribution in [0.5, 0.6) is 5.75 Å². The molecule has 6 nitrogen and oxygen atoms in total. The predicted molar refractivity (Wildman–Crippen MR) is 94.9 cm³/mol. The number of pyridine rings is 1. The van der Waals surface area contributed by atoms with Crippen LogP contribution in [0.3, 0.4) is 0 Å². The summed E-state index contributed by atoms with van der Waals surface area (Å²) in [5.74, 6) is 1.83. The Hall–Kier alpha value is -2.86. The molecule has 0 aliphatic heterocycles. The molecule has 3 aromatic rings. The first kappa shape index (κ1) is 16.0. The molecule has 0 atom stereocenters. The molecule has 1 aromatic carbocycles. The normalized spacial score (nSPS) is 10.2. The SMILES string of the molecule is COc1ccc(Cl)cc1Nc1nccc(NCc2ccncc2)n1. The van der Waals surface area contributed by atoms with Crippen molar-refractivity contribution in [3.63, 3.8) is 0 Å². The van der Waals surface area contributed by atoms with E-state index < -0.39 is 0 Å². The molecule has 2 heterocycles. The summed E-state index contributed by atoms with van der Waals surface area (Å²) in [7, 11) is 1.60. The van der Waals surface area contributed by atoms with E-state index in [2.05, 4.69) is 25.6 Å². The minimum atomic E-state index is 0.454. The molecular formula is C17H16ClN5O. The predicted octanol–water partition coefficient (Wildman–Crippen LogP) is 3.89. The average Bonchev–Trinajstić information content (AvgIpc) is 2.61. The van der Waals surface area contributed by atoms with E-state index in [9.17, 15) is 0 Å². The fourth-order valence-corrected chi connectivity index (χ4v) is 2.28. The van der Waals surface area contributed by atoms with Gasteiger partial charge in [-0.3, -0.25) is 4.98 Å². The molecule has 0 saturated carbocycles. The molecular weight excluding hydrogens is 326 g/mol. The van der Waals surface area contributed by atoms with Crippen LogP contribution >= 0.6 is 11.6 Å². The zero-order chi connectivity index (χ0) is 16.8. The first-order chi connectivity index (χ1) is 11.7. The number of benzene rings is 1. The van der Waals surface area contributed by atoms with Crippen LogP contribution in [0.4, 0.5) is 17.5 Å². The van der Waals surface area contributed by atoms with Crippen molar-refractivity contribution in [3.05, 3.63) is 65.6 Å². The molecule has 0 aliphatic rings. The second-order valence-corrected chi connectivity index (χ2v) is 5.38. The van der Waals surface area contributed by atoms with Crippen LogP contribution in [0.2, 0.25) is 5.02 Å². The largest absolute Gasteiger partial charge is 0.495 e. The number of nitrogens with one attached hydrogen (secondary N) is 2. The van der Waals surface area contributed by atoms with Crippen molar-refractivity contribution in [2.75, 3.05) is 17.7 Å². The van der Waals surface area contributed by atoms with Gasteiger partial charge in [0, 0.05) is 30.2 Å². The molecule has 0 aliphatic carbocycles. The van der Waals surface area contributed by atoms with E-state index in [1.54, 1.807) is 43.9 Å². The van der Waals surface area contributed by atoms with Gasteiger partial charge in [0.15, 0.2) is 0 Å². The Kier molecular flexibility index (Phi) is 5.08. The van der Waals surface area contributed by atoms with Crippen LogP contribution in [0.1, 0.15) is 5.56 Å².